The zero-order chi connectivity index (χ0) is 3.58. The fourth-order valence-corrected chi connectivity index (χ4v) is 0. The number of rotatable bonds is 0. The van der Waals surface area contributed by atoms with E-state index in [9.17, 15) is 0 Å². The van der Waals surface area contributed by atoms with Crippen molar-refractivity contribution in [1.82, 2.24) is 0 Å². The molecule has 0 atom stereocenters. The predicted octanol–water partition coefficient (Wildman–Crippen LogP) is -0.290. The Hall–Kier alpha value is -0.465. The Morgan fingerprint density at radius 3 is 1.80 bits per heavy atom. The zero-order valence-corrected chi connectivity index (χ0v) is 2.93. The van der Waals surface area contributed by atoms with Gasteiger partial charge in [0.25, 0.3) is 5.97 Å². The van der Waals surface area contributed by atoms with Crippen molar-refractivity contribution in [3.05, 3.63) is 0 Å². The molecule has 0 aromatic rings. The monoisotopic (exact) mass is 71.0 g/mol. The molecule has 5 heavy (non-hydrogen) atoms. The summed E-state index contributed by atoms with van der Waals surface area (Å²) < 4.78 is 0. The molecule has 3 heteroatoms. The summed E-state index contributed by atoms with van der Waals surface area (Å²) in [6, 6.07) is 0. The molecule has 0 amide bonds. The Balaban J connectivity index is 0. The van der Waals surface area contributed by atoms with E-state index in [-0.39, 0.29) is 8.41 Å². The average molecular weight is 70.9 g/mol. The van der Waals surface area contributed by atoms with Crippen LogP contribution in [0.2, 0.25) is 0 Å². The van der Waals surface area contributed by atoms with E-state index in [0.717, 1.165) is 6.92 Å². The lowest BCUT2D eigenvalue weighted by Gasteiger charge is -1.59. The lowest BCUT2D eigenvalue weighted by molar-refractivity contribution is -0.134. The average Bonchev–Trinajstić information content (AvgIpc) is 0.811. The second kappa shape index (κ2) is 3.53. The van der Waals surface area contributed by atoms with Crippen molar-refractivity contribution in [3.8, 4) is 0 Å². The summed E-state index contributed by atoms with van der Waals surface area (Å²) in [6.07, 6.45) is 0. The Labute approximate surface area is 32.4 Å². The Morgan fingerprint density at radius 1 is 1.80 bits per heavy atom. The van der Waals surface area contributed by atoms with Crippen molar-refractivity contribution in [2.45, 2.75) is 6.92 Å². The minimum absolute atomic E-state index is 0. The van der Waals surface area contributed by atoms with Gasteiger partial charge in [-0.2, -0.15) is 0 Å². The molecule has 0 spiro atoms. The molecular weight excluding hydrogens is 66.8 g/mol. The van der Waals surface area contributed by atoms with Gasteiger partial charge in [-0.05, 0) is 0 Å². The number of hydrogen-bond donors (Lipinski definition) is 1. The zero-order valence-electron chi connectivity index (χ0n) is 2.93. The van der Waals surface area contributed by atoms with Crippen molar-refractivity contribution in [2.24, 2.45) is 0 Å². The Kier molecular flexibility index (Phi) is 6.23. The van der Waals surface area contributed by atoms with Gasteiger partial charge < -0.3 is 5.11 Å². The summed E-state index contributed by atoms with van der Waals surface area (Å²) >= 11 is 0. The van der Waals surface area contributed by atoms with Crippen molar-refractivity contribution in [2.75, 3.05) is 0 Å². The van der Waals surface area contributed by atoms with Crippen LogP contribution in [0.25, 0.3) is 0 Å². The quantitative estimate of drug-likeness (QED) is 0.398. The smallest absolute Gasteiger partial charge is 0.300 e. The molecule has 0 aromatic carbocycles. The number of aliphatic carboxylic acids is 1. The number of carboxylic acid groups (broad SMARTS) is 1. The molecular formula is C2H4BO2. The van der Waals surface area contributed by atoms with Gasteiger partial charge in [0.2, 0.25) is 0 Å². The Bertz CT molecular complexity index is 30.6. The van der Waals surface area contributed by atoms with Crippen molar-refractivity contribution in [3.63, 3.8) is 0 Å². The van der Waals surface area contributed by atoms with Crippen LogP contribution in [0.15, 0.2) is 0 Å². The van der Waals surface area contributed by atoms with Crippen LogP contribution in [-0.2, 0) is 4.79 Å². The maximum Gasteiger partial charge on any atom is 0.300 e. The molecule has 0 saturated carbocycles. The molecule has 0 unspecified atom stereocenters. The van der Waals surface area contributed by atoms with Gasteiger partial charge in [0.1, 0.15) is 0 Å². The highest BCUT2D eigenvalue weighted by atomic mass is 16.4. The maximum absolute atomic E-state index is 9.00. The van der Waals surface area contributed by atoms with Crippen LogP contribution in [0.3, 0.4) is 0 Å². The van der Waals surface area contributed by atoms with Crippen LogP contribution in [0.1, 0.15) is 6.92 Å². The van der Waals surface area contributed by atoms with Gasteiger partial charge in [0.15, 0.2) is 0 Å². The molecule has 0 saturated heterocycles. The first-order chi connectivity index (χ1) is 1.73. The highest BCUT2D eigenvalue weighted by Gasteiger charge is 1.65. The molecule has 0 heterocycles. The fraction of sp³-hybridized carbons (Fsp3) is 0.500. The molecule has 0 aliphatic rings. The number of carbonyl (C=O) groups is 1. The Morgan fingerprint density at radius 2 is 1.80 bits per heavy atom. The predicted molar refractivity (Wildman–Crippen MR) is 19.1 cm³/mol. The van der Waals surface area contributed by atoms with E-state index in [0.29, 0.717) is 0 Å². The standard InChI is InChI=1S/C2H4O2.B/c1-2(3)4;/h1H3,(H,3,4);. The van der Waals surface area contributed by atoms with E-state index in [1.807, 2.05) is 0 Å². The molecule has 2 nitrogen and oxygen atoms in total. The molecule has 0 aliphatic heterocycles. The summed E-state index contributed by atoms with van der Waals surface area (Å²) in [5, 5.41) is 7.42. The molecule has 0 aliphatic carbocycles. The van der Waals surface area contributed by atoms with Gasteiger partial charge in [-0.25, -0.2) is 0 Å². The topological polar surface area (TPSA) is 37.3 Å². The number of hydrogen-bond acceptors (Lipinski definition) is 1. The SMILES string of the molecule is CC(=O)O.[B]. The van der Waals surface area contributed by atoms with Gasteiger partial charge in [0, 0.05) is 15.3 Å². The third kappa shape index (κ3) is 38.5. The van der Waals surface area contributed by atoms with Crippen LogP contribution in [-0.4, -0.2) is 19.5 Å². The molecule has 0 aromatic heterocycles. The first-order valence-electron chi connectivity index (χ1n) is 0.928. The van der Waals surface area contributed by atoms with Gasteiger partial charge in [-0.1, -0.05) is 0 Å². The van der Waals surface area contributed by atoms with Gasteiger partial charge >= 0.3 is 0 Å². The summed E-state index contributed by atoms with van der Waals surface area (Å²) in [5.74, 6) is -0.833. The molecule has 0 fully saturated rings. The van der Waals surface area contributed by atoms with Crippen molar-refractivity contribution >= 4 is 14.4 Å². The van der Waals surface area contributed by atoms with Crippen LogP contribution < -0.4 is 0 Å². The highest BCUT2D eigenvalue weighted by Crippen LogP contribution is 1.42. The number of carboxylic acids is 1. The van der Waals surface area contributed by atoms with Gasteiger partial charge in [-0.15, -0.1) is 0 Å². The third-order valence-electron chi connectivity index (χ3n) is 0. The van der Waals surface area contributed by atoms with E-state index < -0.39 is 5.97 Å². The van der Waals surface area contributed by atoms with E-state index in [2.05, 4.69) is 0 Å². The second-order valence-electron chi connectivity index (χ2n) is 0.519. The first-order valence-corrected chi connectivity index (χ1v) is 0.928. The van der Waals surface area contributed by atoms with E-state index in [1.165, 1.54) is 0 Å². The third-order valence-corrected chi connectivity index (χ3v) is 0. The molecule has 0 bridgehead atoms. The van der Waals surface area contributed by atoms with Crippen LogP contribution >= 0.6 is 0 Å². The first kappa shape index (κ1) is 8.82. The molecule has 0 rings (SSSR count). The minimum Gasteiger partial charge on any atom is -0.481 e. The minimum atomic E-state index is -0.833. The summed E-state index contributed by atoms with van der Waals surface area (Å²) in [6.45, 7) is 1.08. The van der Waals surface area contributed by atoms with Crippen LogP contribution in [0.5, 0.6) is 0 Å². The van der Waals surface area contributed by atoms with Gasteiger partial charge in [-0.3, -0.25) is 4.79 Å². The normalized spacial score (nSPS) is 5.00. The van der Waals surface area contributed by atoms with Crippen molar-refractivity contribution < 1.29 is 9.90 Å². The van der Waals surface area contributed by atoms with Crippen LogP contribution in [0, 0.1) is 0 Å². The van der Waals surface area contributed by atoms with E-state index in [4.69, 9.17) is 9.90 Å². The largest absolute Gasteiger partial charge is 0.481 e. The summed E-state index contributed by atoms with van der Waals surface area (Å²) in [4.78, 5) is 9.00. The van der Waals surface area contributed by atoms with Gasteiger partial charge in [0.05, 0.1) is 0 Å². The van der Waals surface area contributed by atoms with E-state index >= 15 is 0 Å². The van der Waals surface area contributed by atoms with Crippen molar-refractivity contribution in [1.29, 1.82) is 0 Å². The highest BCUT2D eigenvalue weighted by molar-refractivity contribution is 5.75. The van der Waals surface area contributed by atoms with E-state index in [1.54, 1.807) is 0 Å². The molecule has 27 valence electrons. The molecule has 3 radical (unpaired) electrons. The van der Waals surface area contributed by atoms with Crippen LogP contribution in [0.4, 0.5) is 0 Å². The molecule has 1 N–H and O–H groups in total. The summed E-state index contributed by atoms with van der Waals surface area (Å²) in [7, 11) is 0. The summed E-state index contributed by atoms with van der Waals surface area (Å²) in [5.41, 5.74) is 0. The maximum atomic E-state index is 9.00. The lowest BCUT2D eigenvalue weighted by Crippen LogP contribution is -1.78. The second-order valence-corrected chi connectivity index (χ2v) is 0.519. The lowest BCUT2D eigenvalue weighted by atomic mass is 10.8. The fourth-order valence-electron chi connectivity index (χ4n) is 0.